The van der Waals surface area contributed by atoms with E-state index in [2.05, 4.69) is 30.6 Å². The van der Waals surface area contributed by atoms with Crippen molar-refractivity contribution in [3.8, 4) is 0 Å². The van der Waals surface area contributed by atoms with E-state index in [1.165, 1.54) is 71.2 Å². The molecule has 2 rings (SSSR count). The van der Waals surface area contributed by atoms with Crippen molar-refractivity contribution in [3.05, 3.63) is 0 Å². The summed E-state index contributed by atoms with van der Waals surface area (Å²) in [5.74, 6) is 1.82. The van der Waals surface area contributed by atoms with Crippen molar-refractivity contribution in [3.63, 3.8) is 0 Å². The summed E-state index contributed by atoms with van der Waals surface area (Å²) in [6.07, 6.45) is 8.73. The number of hydrogen-bond donors (Lipinski definition) is 0. The Morgan fingerprint density at radius 1 is 0.955 bits per heavy atom. The van der Waals surface area contributed by atoms with Crippen LogP contribution in [-0.4, -0.2) is 61.8 Å². The molecule has 0 aromatic carbocycles. The van der Waals surface area contributed by atoms with Gasteiger partial charge in [-0.1, -0.05) is 13.3 Å². The lowest BCUT2D eigenvalue weighted by molar-refractivity contribution is 0.0537. The van der Waals surface area contributed by atoms with Crippen LogP contribution in [0.5, 0.6) is 0 Å². The van der Waals surface area contributed by atoms with E-state index >= 15 is 0 Å². The summed E-state index contributed by atoms with van der Waals surface area (Å²) in [5.41, 5.74) is 0. The maximum atomic E-state index is 5.48. The van der Waals surface area contributed by atoms with Gasteiger partial charge in [0.25, 0.3) is 0 Å². The van der Waals surface area contributed by atoms with Crippen LogP contribution in [-0.2, 0) is 4.74 Å². The van der Waals surface area contributed by atoms with Crippen molar-refractivity contribution in [2.45, 2.75) is 71.4 Å². The third-order valence-corrected chi connectivity index (χ3v) is 5.90. The van der Waals surface area contributed by atoms with Gasteiger partial charge in [-0.15, -0.1) is 0 Å². The minimum Gasteiger partial charge on any atom is -0.381 e. The van der Waals surface area contributed by atoms with E-state index in [1.54, 1.807) is 0 Å². The van der Waals surface area contributed by atoms with Crippen molar-refractivity contribution in [1.29, 1.82) is 0 Å². The molecule has 3 heteroatoms. The first-order valence-corrected chi connectivity index (χ1v) is 9.57. The highest BCUT2D eigenvalue weighted by Crippen LogP contribution is 2.30. The molecule has 1 saturated heterocycles. The Balaban J connectivity index is 1.58. The maximum absolute atomic E-state index is 5.48. The minimum atomic E-state index is 0.547. The highest BCUT2D eigenvalue weighted by atomic mass is 16.5. The molecule has 0 aromatic heterocycles. The molecule has 0 N–H and O–H groups in total. The molecular formula is C19H38N2O. The standard InChI is InChI=1S/C19H38N2O/c1-16(2)21-13-11-20(12-14-21)15-17(3)5-6-18-7-9-19(22-4)10-8-18/h16-19H,5-15H2,1-4H3/t17-,18?,19?/m0/s1. The van der Waals surface area contributed by atoms with Crippen molar-refractivity contribution < 1.29 is 4.74 Å². The number of methoxy groups -OCH3 is 1. The van der Waals surface area contributed by atoms with Crippen LogP contribution in [0.3, 0.4) is 0 Å². The maximum Gasteiger partial charge on any atom is 0.0571 e. The summed E-state index contributed by atoms with van der Waals surface area (Å²) in [6, 6.07) is 0.710. The number of hydrogen-bond acceptors (Lipinski definition) is 3. The fraction of sp³-hybridized carbons (Fsp3) is 1.00. The van der Waals surface area contributed by atoms with Crippen molar-refractivity contribution >= 4 is 0 Å². The molecule has 0 radical (unpaired) electrons. The SMILES string of the molecule is COC1CCC(CC[C@H](C)CN2CCN(C(C)C)CC2)CC1. The third kappa shape index (κ3) is 5.82. The van der Waals surface area contributed by atoms with Gasteiger partial charge in [-0.3, -0.25) is 4.90 Å². The zero-order valence-electron chi connectivity index (χ0n) is 15.4. The second-order valence-electron chi connectivity index (χ2n) is 7.99. The summed E-state index contributed by atoms with van der Waals surface area (Å²) in [4.78, 5) is 5.29. The Kier molecular flexibility index (Phi) is 7.66. The quantitative estimate of drug-likeness (QED) is 0.714. The smallest absolute Gasteiger partial charge is 0.0571 e. The van der Waals surface area contributed by atoms with E-state index in [4.69, 9.17) is 4.74 Å². The van der Waals surface area contributed by atoms with E-state index < -0.39 is 0 Å². The molecule has 0 amide bonds. The van der Waals surface area contributed by atoms with Crippen LogP contribution >= 0.6 is 0 Å². The van der Waals surface area contributed by atoms with Gasteiger partial charge in [0.2, 0.25) is 0 Å². The molecule has 0 bridgehead atoms. The first-order valence-electron chi connectivity index (χ1n) is 9.57. The van der Waals surface area contributed by atoms with Gasteiger partial charge in [0, 0.05) is 45.9 Å². The van der Waals surface area contributed by atoms with Gasteiger partial charge < -0.3 is 9.64 Å². The molecule has 1 atom stereocenters. The van der Waals surface area contributed by atoms with Gasteiger partial charge in [0.1, 0.15) is 0 Å². The number of piperazine rings is 1. The van der Waals surface area contributed by atoms with E-state index in [0.29, 0.717) is 12.1 Å². The van der Waals surface area contributed by atoms with Crippen molar-refractivity contribution in [2.75, 3.05) is 39.8 Å². The molecule has 22 heavy (non-hydrogen) atoms. The zero-order chi connectivity index (χ0) is 15.9. The Morgan fingerprint density at radius 2 is 1.59 bits per heavy atom. The van der Waals surface area contributed by atoms with Crippen LogP contribution < -0.4 is 0 Å². The molecule has 1 heterocycles. The monoisotopic (exact) mass is 310 g/mol. The summed E-state index contributed by atoms with van der Waals surface area (Å²) >= 11 is 0. The Morgan fingerprint density at radius 3 is 2.14 bits per heavy atom. The third-order valence-electron chi connectivity index (χ3n) is 5.90. The van der Waals surface area contributed by atoms with Crippen LogP contribution in [0, 0.1) is 11.8 Å². The van der Waals surface area contributed by atoms with Crippen molar-refractivity contribution in [1.82, 2.24) is 9.80 Å². The van der Waals surface area contributed by atoms with Crippen LogP contribution in [0.4, 0.5) is 0 Å². The predicted octanol–water partition coefficient (Wildman–Crippen LogP) is 3.63. The lowest BCUT2D eigenvalue weighted by atomic mass is 9.83. The molecule has 0 aromatic rings. The first kappa shape index (κ1) is 18.2. The fourth-order valence-electron chi connectivity index (χ4n) is 4.17. The second-order valence-corrected chi connectivity index (χ2v) is 7.99. The van der Waals surface area contributed by atoms with Crippen LogP contribution in [0.25, 0.3) is 0 Å². The summed E-state index contributed by atoms with van der Waals surface area (Å²) in [5, 5.41) is 0. The normalized spacial score (nSPS) is 29.9. The van der Waals surface area contributed by atoms with Gasteiger partial charge in [-0.05, 0) is 57.8 Å². The lowest BCUT2D eigenvalue weighted by Gasteiger charge is -2.38. The van der Waals surface area contributed by atoms with E-state index in [0.717, 1.165) is 11.8 Å². The number of rotatable bonds is 7. The van der Waals surface area contributed by atoms with E-state index in [9.17, 15) is 0 Å². The molecule has 130 valence electrons. The fourth-order valence-corrected chi connectivity index (χ4v) is 4.17. The average Bonchev–Trinajstić information content (AvgIpc) is 2.54. The highest BCUT2D eigenvalue weighted by molar-refractivity contribution is 4.77. The van der Waals surface area contributed by atoms with Gasteiger partial charge in [-0.25, -0.2) is 0 Å². The van der Waals surface area contributed by atoms with E-state index in [1.807, 2.05) is 7.11 Å². The van der Waals surface area contributed by atoms with Crippen LogP contribution in [0.15, 0.2) is 0 Å². The van der Waals surface area contributed by atoms with E-state index in [-0.39, 0.29) is 0 Å². The summed E-state index contributed by atoms with van der Waals surface area (Å²) in [6.45, 7) is 13.4. The number of ether oxygens (including phenoxy) is 1. The largest absolute Gasteiger partial charge is 0.381 e. The Hall–Kier alpha value is -0.120. The average molecular weight is 311 g/mol. The first-order chi connectivity index (χ1) is 10.6. The summed E-state index contributed by atoms with van der Waals surface area (Å²) < 4.78 is 5.48. The molecule has 2 aliphatic rings. The molecule has 2 fully saturated rings. The highest BCUT2D eigenvalue weighted by Gasteiger charge is 2.23. The Labute approximate surface area is 138 Å². The van der Waals surface area contributed by atoms with Gasteiger partial charge >= 0.3 is 0 Å². The van der Waals surface area contributed by atoms with Gasteiger partial charge in [0.15, 0.2) is 0 Å². The molecule has 1 aliphatic heterocycles. The topological polar surface area (TPSA) is 15.7 Å². The Bertz CT molecular complexity index is 292. The van der Waals surface area contributed by atoms with Crippen LogP contribution in [0.1, 0.15) is 59.3 Å². The summed E-state index contributed by atoms with van der Waals surface area (Å²) in [7, 11) is 1.87. The molecule has 3 nitrogen and oxygen atoms in total. The molecule has 1 saturated carbocycles. The van der Waals surface area contributed by atoms with Gasteiger partial charge in [-0.2, -0.15) is 0 Å². The number of nitrogens with zero attached hydrogens (tertiary/aromatic N) is 2. The second kappa shape index (κ2) is 9.24. The van der Waals surface area contributed by atoms with Crippen LogP contribution in [0.2, 0.25) is 0 Å². The lowest BCUT2D eigenvalue weighted by Crippen LogP contribution is -2.49. The van der Waals surface area contributed by atoms with Gasteiger partial charge in [0.05, 0.1) is 6.10 Å². The molecule has 1 aliphatic carbocycles. The zero-order valence-corrected chi connectivity index (χ0v) is 15.4. The minimum absolute atomic E-state index is 0.547. The van der Waals surface area contributed by atoms with Crippen molar-refractivity contribution in [2.24, 2.45) is 11.8 Å². The molecule has 0 spiro atoms. The molecule has 0 unspecified atom stereocenters. The molecular weight excluding hydrogens is 272 g/mol. The predicted molar refractivity (Wildman–Crippen MR) is 94.3 cm³/mol.